The Kier molecular flexibility index (Phi) is 6.86. The van der Waals surface area contributed by atoms with Crippen LogP contribution in [-0.2, 0) is 0 Å². The van der Waals surface area contributed by atoms with Gasteiger partial charge >= 0.3 is 0 Å². The molecule has 12 heteroatoms. The molecule has 0 unspecified atom stereocenters. The number of anilines is 5. The van der Waals surface area contributed by atoms with Crippen molar-refractivity contribution in [3.63, 3.8) is 0 Å². The molecule has 34 heavy (non-hydrogen) atoms. The van der Waals surface area contributed by atoms with Gasteiger partial charge in [0.15, 0.2) is 23.2 Å². The van der Waals surface area contributed by atoms with E-state index in [9.17, 15) is 0 Å². The van der Waals surface area contributed by atoms with Crippen LogP contribution in [0.4, 0.5) is 28.8 Å². The summed E-state index contributed by atoms with van der Waals surface area (Å²) in [5.74, 6) is 8.44. The summed E-state index contributed by atoms with van der Waals surface area (Å²) in [6.45, 7) is 5.66. The smallest absolute Gasteiger partial charge is 0.223 e. The second kappa shape index (κ2) is 10.2. The Morgan fingerprint density at radius 2 is 1.94 bits per heavy atom. The van der Waals surface area contributed by atoms with E-state index in [0.29, 0.717) is 40.3 Å². The molecule has 1 aliphatic heterocycles. The molecule has 0 bridgehead atoms. The lowest BCUT2D eigenvalue weighted by Gasteiger charge is -2.32. The number of nitriles is 1. The normalized spacial score (nSPS) is 13.8. The summed E-state index contributed by atoms with van der Waals surface area (Å²) < 4.78 is 5.96. The fourth-order valence-electron chi connectivity index (χ4n) is 3.56. The molecule has 0 atom stereocenters. The molecule has 5 N–H and O–H groups in total. The van der Waals surface area contributed by atoms with E-state index in [0.717, 1.165) is 37.6 Å². The van der Waals surface area contributed by atoms with Gasteiger partial charge in [-0.1, -0.05) is 0 Å². The van der Waals surface area contributed by atoms with Crippen molar-refractivity contribution in [2.45, 2.75) is 6.92 Å². The average Bonchev–Trinajstić information content (AvgIpc) is 2.86. The lowest BCUT2D eigenvalue weighted by Crippen LogP contribution is -2.44. The Morgan fingerprint density at radius 3 is 2.56 bits per heavy atom. The minimum Gasteiger partial charge on any atom is -0.437 e. The molecule has 176 valence electrons. The van der Waals surface area contributed by atoms with E-state index in [1.807, 2.05) is 25.1 Å². The number of rotatable bonds is 7. The lowest BCUT2D eigenvalue weighted by atomic mass is 10.2. The van der Waals surface area contributed by atoms with Crippen molar-refractivity contribution in [3.8, 4) is 17.7 Å². The third-order valence-corrected chi connectivity index (χ3v) is 5.51. The van der Waals surface area contributed by atoms with Crippen LogP contribution in [0.1, 0.15) is 11.3 Å². The number of likely N-dealkylation sites (N-methyl/N-ethyl adjacent to an activating group) is 1. The van der Waals surface area contributed by atoms with Crippen LogP contribution in [0.5, 0.6) is 11.6 Å². The first kappa shape index (κ1) is 23.0. The zero-order valence-corrected chi connectivity index (χ0v) is 19.3. The van der Waals surface area contributed by atoms with Crippen molar-refractivity contribution in [2.75, 3.05) is 61.2 Å². The predicted octanol–water partition coefficient (Wildman–Crippen LogP) is 2.06. The van der Waals surface area contributed by atoms with Crippen LogP contribution in [0.3, 0.4) is 0 Å². The third-order valence-electron chi connectivity index (χ3n) is 5.51. The van der Waals surface area contributed by atoms with E-state index in [4.69, 9.17) is 15.8 Å². The number of nitrogens with zero attached hydrogens (tertiary/aromatic N) is 7. The molecule has 1 aliphatic rings. The van der Waals surface area contributed by atoms with Gasteiger partial charge in [0.1, 0.15) is 17.5 Å². The minimum absolute atomic E-state index is 0.308. The molecule has 4 heterocycles. The van der Waals surface area contributed by atoms with E-state index in [2.05, 4.69) is 53.1 Å². The van der Waals surface area contributed by atoms with Gasteiger partial charge in [-0.05, 0) is 37.7 Å². The summed E-state index contributed by atoms with van der Waals surface area (Å²) in [6, 6.07) is 9.18. The molecule has 4 rings (SSSR count). The number of aryl methyl sites for hydroxylation is 1. The van der Waals surface area contributed by atoms with Crippen LogP contribution in [0.25, 0.3) is 0 Å². The summed E-state index contributed by atoms with van der Waals surface area (Å²) in [7, 11) is 3.85. The molecule has 3 aromatic heterocycles. The largest absolute Gasteiger partial charge is 0.437 e. The van der Waals surface area contributed by atoms with Crippen LogP contribution in [0.2, 0.25) is 0 Å². The predicted molar refractivity (Wildman–Crippen MR) is 130 cm³/mol. The zero-order valence-electron chi connectivity index (χ0n) is 19.3. The number of ether oxygens (including phenoxy) is 1. The molecule has 3 aromatic rings. The monoisotopic (exact) mass is 461 g/mol. The molecule has 1 saturated heterocycles. The highest BCUT2D eigenvalue weighted by molar-refractivity contribution is 5.83. The van der Waals surface area contributed by atoms with Gasteiger partial charge in [-0.15, -0.1) is 10.2 Å². The second-order valence-corrected chi connectivity index (χ2v) is 7.87. The number of aromatic nitrogens is 4. The molecule has 0 radical (unpaired) electrons. The number of hydrogen-bond acceptors (Lipinski definition) is 12. The van der Waals surface area contributed by atoms with Crippen LogP contribution >= 0.6 is 0 Å². The maximum atomic E-state index is 9.03. The topological polar surface area (TPSA) is 153 Å². The summed E-state index contributed by atoms with van der Waals surface area (Å²) in [5.41, 5.74) is 4.88. The molecule has 0 aliphatic carbocycles. The Hall–Kier alpha value is -4.21. The van der Waals surface area contributed by atoms with Crippen molar-refractivity contribution in [1.82, 2.24) is 25.1 Å². The molecule has 0 saturated carbocycles. The van der Waals surface area contributed by atoms with Gasteiger partial charge in [-0.2, -0.15) is 10.2 Å². The first-order valence-electron chi connectivity index (χ1n) is 10.8. The highest BCUT2D eigenvalue weighted by atomic mass is 16.5. The van der Waals surface area contributed by atoms with E-state index in [1.165, 1.54) is 6.20 Å². The van der Waals surface area contributed by atoms with Crippen molar-refractivity contribution in [2.24, 2.45) is 5.84 Å². The molecular formula is C22H27N11O. The fourth-order valence-corrected chi connectivity index (χ4v) is 3.56. The molecule has 0 amide bonds. The Morgan fingerprint density at radius 1 is 1.15 bits per heavy atom. The molecule has 12 nitrogen and oxygen atoms in total. The van der Waals surface area contributed by atoms with Crippen molar-refractivity contribution < 1.29 is 4.74 Å². The molecule has 1 fully saturated rings. The number of hydrogen-bond donors (Lipinski definition) is 4. The Balaban J connectivity index is 1.57. The van der Waals surface area contributed by atoms with E-state index >= 15 is 0 Å². The number of nitrogens with one attached hydrogen (secondary N) is 3. The summed E-state index contributed by atoms with van der Waals surface area (Å²) in [4.78, 5) is 13.0. The van der Waals surface area contributed by atoms with Gasteiger partial charge in [0.05, 0.1) is 11.9 Å². The standard InChI is InChI=1S/C22H27N11O/c1-14-10-15(12-23)26-13-17(14)34-20-11-16(21(29-24)22(25-2)28-20)27-18-4-5-19(31-30-18)33-8-6-32(3)7-9-33/h4-5,10-11,13,29H,6-9,24H2,1-3H3,(H2,25,27,28,30). The number of hydrazine groups is 1. The fraction of sp³-hybridized carbons (Fsp3) is 0.318. The van der Waals surface area contributed by atoms with Crippen LogP contribution < -0.4 is 31.5 Å². The quantitative estimate of drug-likeness (QED) is 0.301. The highest BCUT2D eigenvalue weighted by Crippen LogP contribution is 2.35. The van der Waals surface area contributed by atoms with E-state index in [1.54, 1.807) is 19.2 Å². The van der Waals surface area contributed by atoms with Crippen LogP contribution in [0.15, 0.2) is 30.5 Å². The summed E-state index contributed by atoms with van der Waals surface area (Å²) >= 11 is 0. The highest BCUT2D eigenvalue weighted by Gasteiger charge is 2.17. The lowest BCUT2D eigenvalue weighted by molar-refractivity contribution is 0.312. The maximum absolute atomic E-state index is 9.03. The average molecular weight is 462 g/mol. The maximum Gasteiger partial charge on any atom is 0.223 e. The second-order valence-electron chi connectivity index (χ2n) is 7.87. The van der Waals surface area contributed by atoms with Gasteiger partial charge in [0.25, 0.3) is 0 Å². The first-order chi connectivity index (χ1) is 16.5. The number of nitrogen functional groups attached to an aromatic ring is 1. The van der Waals surface area contributed by atoms with Crippen LogP contribution in [-0.4, -0.2) is 65.3 Å². The van der Waals surface area contributed by atoms with E-state index < -0.39 is 0 Å². The van der Waals surface area contributed by atoms with Gasteiger partial charge < -0.3 is 30.6 Å². The minimum atomic E-state index is 0.308. The Labute approximate surface area is 197 Å². The Bertz CT molecular complexity index is 1180. The summed E-state index contributed by atoms with van der Waals surface area (Å²) in [6.07, 6.45) is 1.50. The molecule has 0 aromatic carbocycles. The summed E-state index contributed by atoms with van der Waals surface area (Å²) in [5, 5.41) is 24.0. The van der Waals surface area contributed by atoms with Crippen molar-refractivity contribution in [1.29, 1.82) is 5.26 Å². The number of piperazine rings is 1. The number of pyridine rings is 2. The SMILES string of the molecule is CNc1nc(Oc2cnc(C#N)cc2C)cc(Nc2ccc(N3CCN(C)CC3)nn2)c1NN. The molecule has 0 spiro atoms. The van der Waals surface area contributed by atoms with Crippen molar-refractivity contribution >= 4 is 28.8 Å². The van der Waals surface area contributed by atoms with Crippen LogP contribution in [0, 0.1) is 18.3 Å². The zero-order chi connectivity index (χ0) is 24.1. The van der Waals surface area contributed by atoms with Gasteiger partial charge in [-0.25, -0.2) is 4.98 Å². The first-order valence-corrected chi connectivity index (χ1v) is 10.8. The van der Waals surface area contributed by atoms with Crippen molar-refractivity contribution in [3.05, 3.63) is 41.7 Å². The van der Waals surface area contributed by atoms with Gasteiger partial charge in [0, 0.05) is 39.3 Å². The number of nitrogens with two attached hydrogens (primary N) is 1. The third kappa shape index (κ3) is 5.06. The molecular weight excluding hydrogens is 434 g/mol. The van der Waals surface area contributed by atoms with Gasteiger partial charge in [-0.3, -0.25) is 5.84 Å². The van der Waals surface area contributed by atoms with Gasteiger partial charge in [0.2, 0.25) is 5.88 Å². The van der Waals surface area contributed by atoms with E-state index in [-0.39, 0.29) is 0 Å².